The molecule has 52 heavy (non-hydrogen) atoms. The maximum Gasteiger partial charge on any atom is 0.159 e. The zero-order valence-electron chi connectivity index (χ0n) is 28.1. The maximum atomic E-state index is 5.41. The Hall–Kier alpha value is -7.04. The van der Waals surface area contributed by atoms with Crippen molar-refractivity contribution in [2.75, 3.05) is 0 Å². The third-order valence-electron chi connectivity index (χ3n) is 9.99. The van der Waals surface area contributed by atoms with Crippen molar-refractivity contribution in [3.8, 4) is 56.2 Å². The van der Waals surface area contributed by atoms with Gasteiger partial charge in [0.1, 0.15) is 0 Å². The van der Waals surface area contributed by atoms with E-state index in [1.54, 1.807) is 12.4 Å². The Kier molecular flexibility index (Phi) is 7.10. The van der Waals surface area contributed by atoms with Gasteiger partial charge in [-0.05, 0) is 62.0 Å². The van der Waals surface area contributed by atoms with E-state index in [1.807, 2.05) is 12.1 Å². The minimum atomic E-state index is 0.729. The molecule has 0 unspecified atom stereocenters. The lowest BCUT2D eigenvalue weighted by atomic mass is 9.86. The Morgan fingerprint density at radius 1 is 0.288 bits per heavy atom. The van der Waals surface area contributed by atoms with Gasteiger partial charge in [-0.25, -0.2) is 19.9 Å². The molecule has 10 aromatic rings. The molecule has 4 heteroatoms. The first-order valence-corrected chi connectivity index (χ1v) is 17.5. The summed E-state index contributed by atoms with van der Waals surface area (Å²) in [7, 11) is 0. The molecule has 0 aliphatic rings. The lowest BCUT2D eigenvalue weighted by Crippen LogP contribution is -1.94. The van der Waals surface area contributed by atoms with Crippen LogP contribution in [0.25, 0.3) is 99.5 Å². The van der Waals surface area contributed by atoms with Crippen LogP contribution in [-0.2, 0) is 0 Å². The summed E-state index contributed by atoms with van der Waals surface area (Å²) in [5, 5.41) is 6.88. The average molecular weight is 663 g/mol. The minimum absolute atomic E-state index is 0.729. The number of pyridine rings is 2. The zero-order valence-corrected chi connectivity index (χ0v) is 28.1. The van der Waals surface area contributed by atoms with E-state index in [0.29, 0.717) is 0 Å². The lowest BCUT2D eigenvalue weighted by molar-refractivity contribution is 1.18. The van der Waals surface area contributed by atoms with Crippen LogP contribution in [-0.4, -0.2) is 19.9 Å². The topological polar surface area (TPSA) is 51.6 Å². The fraction of sp³-hybridized carbons (Fsp3) is 0. The first-order chi connectivity index (χ1) is 25.8. The van der Waals surface area contributed by atoms with Crippen LogP contribution in [0.15, 0.2) is 182 Å². The Morgan fingerprint density at radius 3 is 1.31 bits per heavy atom. The highest BCUT2D eigenvalue weighted by Gasteiger charge is 2.18. The minimum Gasteiger partial charge on any atom is -0.245 e. The van der Waals surface area contributed by atoms with Crippen LogP contribution in [0.1, 0.15) is 0 Å². The Morgan fingerprint density at radius 2 is 0.731 bits per heavy atom. The van der Waals surface area contributed by atoms with Gasteiger partial charge in [-0.3, -0.25) is 0 Å². The van der Waals surface area contributed by atoms with Gasteiger partial charge in [0.2, 0.25) is 0 Å². The van der Waals surface area contributed by atoms with Crippen molar-refractivity contribution in [3.05, 3.63) is 182 Å². The molecule has 0 aliphatic carbocycles. The maximum absolute atomic E-state index is 5.41. The number of nitrogens with zero attached hydrogens (tertiary/aromatic N) is 4. The summed E-state index contributed by atoms with van der Waals surface area (Å²) in [6, 6.07) is 59.9. The molecular formula is C48H30N4. The van der Waals surface area contributed by atoms with Crippen molar-refractivity contribution in [2.45, 2.75) is 0 Å². The number of hydrogen-bond acceptors (Lipinski definition) is 4. The fourth-order valence-electron chi connectivity index (χ4n) is 7.48. The van der Waals surface area contributed by atoms with Crippen molar-refractivity contribution in [1.82, 2.24) is 19.9 Å². The summed E-state index contributed by atoms with van der Waals surface area (Å²) in [5.41, 5.74) is 11.6. The van der Waals surface area contributed by atoms with Crippen LogP contribution >= 0.6 is 0 Å². The summed E-state index contributed by atoms with van der Waals surface area (Å²) >= 11 is 0. The fourth-order valence-corrected chi connectivity index (χ4v) is 7.48. The normalized spacial score (nSPS) is 11.5. The molecule has 4 nitrogen and oxygen atoms in total. The van der Waals surface area contributed by atoms with Gasteiger partial charge in [-0.1, -0.05) is 152 Å². The molecule has 0 bridgehead atoms. The van der Waals surface area contributed by atoms with Crippen LogP contribution in [0.5, 0.6) is 0 Å². The largest absolute Gasteiger partial charge is 0.245 e. The Balaban J connectivity index is 1.11. The number of aromatic nitrogens is 4. The molecule has 0 saturated heterocycles. The quantitative estimate of drug-likeness (QED) is 0.136. The predicted molar refractivity (Wildman–Crippen MR) is 215 cm³/mol. The Bertz CT molecular complexity index is 2860. The monoisotopic (exact) mass is 662 g/mol. The summed E-state index contributed by atoms with van der Waals surface area (Å²) in [6.45, 7) is 0. The second-order valence-corrected chi connectivity index (χ2v) is 13.0. The molecule has 3 aromatic heterocycles. The second-order valence-electron chi connectivity index (χ2n) is 13.0. The Labute approximate surface area is 300 Å². The summed E-state index contributed by atoms with van der Waals surface area (Å²) < 4.78 is 0. The van der Waals surface area contributed by atoms with Gasteiger partial charge in [0.15, 0.2) is 5.82 Å². The molecule has 0 radical (unpaired) electrons. The molecular weight excluding hydrogens is 633 g/mol. The first kappa shape index (κ1) is 29.8. The van der Waals surface area contributed by atoms with E-state index in [4.69, 9.17) is 9.97 Å². The molecule has 10 rings (SSSR count). The van der Waals surface area contributed by atoms with E-state index >= 15 is 0 Å². The molecule has 0 amide bonds. The van der Waals surface area contributed by atoms with E-state index in [-0.39, 0.29) is 0 Å². The molecule has 0 aliphatic heterocycles. The van der Waals surface area contributed by atoms with Crippen LogP contribution in [0.3, 0.4) is 0 Å². The molecule has 0 atom stereocenters. The zero-order chi connectivity index (χ0) is 34.4. The SMILES string of the molecule is c1ccc(-c2ccc3ccc4ccc(-c5c6ccccc6c(-c6ccc(-c7ccc(-c8ncccn8)cc7)cc6)c6ccccc56)nc4c3n2)cc1. The van der Waals surface area contributed by atoms with Crippen LogP contribution in [0.2, 0.25) is 0 Å². The number of hydrogen-bond donors (Lipinski definition) is 0. The van der Waals surface area contributed by atoms with E-state index < -0.39 is 0 Å². The van der Waals surface area contributed by atoms with Crippen molar-refractivity contribution < 1.29 is 0 Å². The highest BCUT2D eigenvalue weighted by atomic mass is 14.8. The highest BCUT2D eigenvalue weighted by Crippen LogP contribution is 2.44. The third kappa shape index (κ3) is 5.09. The van der Waals surface area contributed by atoms with E-state index in [0.717, 1.165) is 66.8 Å². The predicted octanol–water partition coefficient (Wildman–Crippen LogP) is 12.2. The molecule has 7 aromatic carbocycles. The average Bonchev–Trinajstić information content (AvgIpc) is 3.23. The van der Waals surface area contributed by atoms with E-state index in [2.05, 4.69) is 168 Å². The first-order valence-electron chi connectivity index (χ1n) is 17.5. The van der Waals surface area contributed by atoms with Crippen molar-refractivity contribution in [1.29, 1.82) is 0 Å². The van der Waals surface area contributed by atoms with Gasteiger partial charge in [0.05, 0.1) is 22.4 Å². The van der Waals surface area contributed by atoms with Gasteiger partial charge < -0.3 is 0 Å². The van der Waals surface area contributed by atoms with Crippen molar-refractivity contribution >= 4 is 43.4 Å². The van der Waals surface area contributed by atoms with Gasteiger partial charge in [-0.15, -0.1) is 0 Å². The van der Waals surface area contributed by atoms with Crippen molar-refractivity contribution in [3.63, 3.8) is 0 Å². The smallest absolute Gasteiger partial charge is 0.159 e. The highest BCUT2D eigenvalue weighted by molar-refractivity contribution is 6.21. The van der Waals surface area contributed by atoms with Gasteiger partial charge in [0.25, 0.3) is 0 Å². The van der Waals surface area contributed by atoms with E-state index in [1.165, 1.54) is 32.7 Å². The molecule has 0 N–H and O–H groups in total. The van der Waals surface area contributed by atoms with Crippen molar-refractivity contribution in [2.24, 2.45) is 0 Å². The number of rotatable bonds is 5. The van der Waals surface area contributed by atoms with Gasteiger partial charge >= 0.3 is 0 Å². The van der Waals surface area contributed by atoms with Crippen LogP contribution in [0, 0.1) is 0 Å². The number of fused-ring (bicyclic) bond motifs is 5. The molecule has 0 spiro atoms. The van der Waals surface area contributed by atoms with Crippen LogP contribution in [0.4, 0.5) is 0 Å². The molecule has 3 heterocycles. The summed E-state index contributed by atoms with van der Waals surface area (Å²) in [5.74, 6) is 0.729. The van der Waals surface area contributed by atoms with Gasteiger partial charge in [0, 0.05) is 39.9 Å². The van der Waals surface area contributed by atoms with E-state index in [9.17, 15) is 0 Å². The molecule has 0 fully saturated rings. The summed E-state index contributed by atoms with van der Waals surface area (Å²) in [6.07, 6.45) is 3.54. The lowest BCUT2D eigenvalue weighted by Gasteiger charge is -2.18. The summed E-state index contributed by atoms with van der Waals surface area (Å²) in [4.78, 5) is 19.4. The number of benzene rings is 7. The molecule has 242 valence electrons. The van der Waals surface area contributed by atoms with Crippen LogP contribution < -0.4 is 0 Å². The standard InChI is InChI=1S/C48H30N4/c1-2-9-33(10-3-1)42-27-25-35-21-22-36-26-28-43(52-47(36)46(35)51-42)45-40-13-6-4-11-38(40)44(39-12-5-7-14-41(39)45)34-19-15-31(16-20-34)32-17-23-37(24-18-32)48-49-29-8-30-50-48/h1-30H. The molecule has 0 saturated carbocycles. The third-order valence-corrected chi connectivity index (χ3v) is 9.99. The second kappa shape index (κ2) is 12.4. The van der Waals surface area contributed by atoms with Gasteiger partial charge in [-0.2, -0.15) is 0 Å².